The predicted octanol–water partition coefficient (Wildman–Crippen LogP) is 3.00. The van der Waals surface area contributed by atoms with Crippen molar-refractivity contribution in [1.29, 1.82) is 0 Å². The lowest BCUT2D eigenvalue weighted by atomic mass is 10.2. The minimum atomic E-state index is -4.48. The van der Waals surface area contributed by atoms with Crippen LogP contribution < -0.4 is 15.5 Å². The number of carbonyl (C=O) groups is 1. The fourth-order valence-electron chi connectivity index (χ4n) is 2.45. The quantitative estimate of drug-likeness (QED) is 0.793. The van der Waals surface area contributed by atoms with Gasteiger partial charge in [0.2, 0.25) is 0 Å². The van der Waals surface area contributed by atoms with Gasteiger partial charge in [-0.25, -0.2) is 4.98 Å². The van der Waals surface area contributed by atoms with Gasteiger partial charge in [-0.05, 0) is 24.3 Å². The van der Waals surface area contributed by atoms with Gasteiger partial charge in [0, 0.05) is 32.4 Å². The number of nitrogens with one attached hydrogen (secondary N) is 2. The highest BCUT2D eigenvalue weighted by atomic mass is 35.5. The second-order valence-corrected chi connectivity index (χ2v) is 5.52. The number of alkyl halides is 3. The number of piperazine rings is 1. The number of halogens is 5. The Morgan fingerprint density at radius 2 is 1.74 bits per heavy atom. The Hall–Kier alpha value is -2.10. The molecule has 1 fully saturated rings. The van der Waals surface area contributed by atoms with E-state index in [1.807, 2.05) is 6.07 Å². The Balaban J connectivity index is 0.00000182. The summed E-state index contributed by atoms with van der Waals surface area (Å²) < 4.78 is 37.5. The number of hydrogen-bond acceptors (Lipinski definition) is 5. The summed E-state index contributed by atoms with van der Waals surface area (Å²) in [4.78, 5) is 22.0. The molecule has 0 saturated carbocycles. The fourth-order valence-corrected chi connectivity index (χ4v) is 2.45. The van der Waals surface area contributed by atoms with Crippen LogP contribution >= 0.6 is 24.8 Å². The number of rotatable bonds is 3. The van der Waals surface area contributed by atoms with Crippen molar-refractivity contribution in [3.63, 3.8) is 0 Å². The maximum Gasteiger partial charge on any atom is 0.417 e. The second kappa shape index (κ2) is 9.72. The lowest BCUT2D eigenvalue weighted by Crippen LogP contribution is -2.43. The minimum Gasteiger partial charge on any atom is -0.368 e. The molecule has 1 amide bonds. The van der Waals surface area contributed by atoms with Crippen molar-refractivity contribution in [1.82, 2.24) is 15.3 Å². The highest BCUT2D eigenvalue weighted by Gasteiger charge is 2.30. The van der Waals surface area contributed by atoms with Crippen LogP contribution in [0.2, 0.25) is 0 Å². The summed E-state index contributed by atoms with van der Waals surface area (Å²) in [5.41, 5.74) is -0.0596. The first-order valence-corrected chi connectivity index (χ1v) is 7.70. The van der Waals surface area contributed by atoms with E-state index in [-0.39, 0.29) is 30.5 Å². The first-order chi connectivity index (χ1) is 11.9. The molecule has 0 aliphatic carbocycles. The number of hydrogen-bond donors (Lipinski definition) is 2. The average molecular weight is 424 g/mol. The standard InChI is InChI=1S/C16H16F3N5O.2ClH/c17-16(18,19)11-1-3-13(21-9-11)15(25)23-14-4-2-12(10-22-14)24-7-5-20-6-8-24;;/h1-4,9-10,20H,5-8H2,(H,22,23,25);2*1H. The van der Waals surface area contributed by atoms with Gasteiger partial charge in [-0.3, -0.25) is 9.78 Å². The predicted molar refractivity (Wildman–Crippen MR) is 101 cm³/mol. The van der Waals surface area contributed by atoms with Crippen LogP contribution in [0.1, 0.15) is 16.1 Å². The van der Waals surface area contributed by atoms with Crippen molar-refractivity contribution in [3.05, 3.63) is 47.9 Å². The zero-order chi connectivity index (χ0) is 17.9. The first kappa shape index (κ1) is 22.9. The van der Waals surface area contributed by atoms with Crippen LogP contribution in [0.4, 0.5) is 24.7 Å². The van der Waals surface area contributed by atoms with E-state index in [4.69, 9.17) is 0 Å². The van der Waals surface area contributed by atoms with Gasteiger partial charge in [0.05, 0.1) is 17.4 Å². The van der Waals surface area contributed by atoms with Gasteiger partial charge in [0.1, 0.15) is 11.5 Å². The number of amides is 1. The van der Waals surface area contributed by atoms with Crippen molar-refractivity contribution >= 4 is 42.2 Å². The van der Waals surface area contributed by atoms with Crippen LogP contribution in [0, 0.1) is 0 Å². The Kier molecular flexibility index (Phi) is 8.26. The van der Waals surface area contributed by atoms with Gasteiger partial charge in [0.25, 0.3) is 5.91 Å². The Morgan fingerprint density at radius 3 is 2.26 bits per heavy atom. The Labute approximate surface area is 166 Å². The van der Waals surface area contributed by atoms with Crippen LogP contribution in [-0.4, -0.2) is 42.1 Å². The Bertz CT molecular complexity index is 735. The number of pyridine rings is 2. The third kappa shape index (κ3) is 5.95. The van der Waals surface area contributed by atoms with Crippen LogP contribution in [-0.2, 0) is 6.18 Å². The SMILES string of the molecule is Cl.Cl.O=C(Nc1ccc(N2CCNCC2)cn1)c1ccc(C(F)(F)F)cn1. The number of carbonyl (C=O) groups excluding carboxylic acids is 1. The molecule has 2 aromatic heterocycles. The summed E-state index contributed by atoms with van der Waals surface area (Å²) in [6.45, 7) is 3.56. The highest BCUT2D eigenvalue weighted by molar-refractivity contribution is 6.02. The molecule has 0 unspecified atom stereocenters. The molecular formula is C16H18Cl2F3N5O. The topological polar surface area (TPSA) is 70.2 Å². The molecule has 0 atom stereocenters. The lowest BCUT2D eigenvalue weighted by Gasteiger charge is -2.29. The van der Waals surface area contributed by atoms with Crippen LogP contribution in [0.25, 0.3) is 0 Å². The van der Waals surface area contributed by atoms with Gasteiger partial charge in [-0.1, -0.05) is 0 Å². The van der Waals surface area contributed by atoms with Crippen LogP contribution in [0.5, 0.6) is 0 Å². The first-order valence-electron chi connectivity index (χ1n) is 7.70. The molecule has 0 spiro atoms. The third-order valence-electron chi connectivity index (χ3n) is 3.80. The summed E-state index contributed by atoms with van der Waals surface area (Å²) in [6, 6.07) is 5.35. The Morgan fingerprint density at radius 1 is 1.04 bits per heavy atom. The van der Waals surface area contributed by atoms with Gasteiger partial charge in [-0.2, -0.15) is 13.2 Å². The monoisotopic (exact) mass is 423 g/mol. The molecule has 11 heteroatoms. The summed E-state index contributed by atoms with van der Waals surface area (Å²) in [6.07, 6.45) is -2.19. The van der Waals surface area contributed by atoms with Gasteiger partial charge in [-0.15, -0.1) is 24.8 Å². The van der Waals surface area contributed by atoms with Crippen LogP contribution in [0.3, 0.4) is 0 Å². The number of anilines is 2. The fraction of sp³-hybridized carbons (Fsp3) is 0.312. The van der Waals surface area contributed by atoms with Crippen molar-refractivity contribution in [2.75, 3.05) is 36.4 Å². The van der Waals surface area contributed by atoms with E-state index in [1.54, 1.807) is 12.3 Å². The molecule has 0 aromatic carbocycles. The van der Waals surface area contributed by atoms with Gasteiger partial charge < -0.3 is 15.5 Å². The highest BCUT2D eigenvalue weighted by Crippen LogP contribution is 2.28. The smallest absolute Gasteiger partial charge is 0.368 e. The largest absolute Gasteiger partial charge is 0.417 e. The molecule has 148 valence electrons. The van der Waals surface area contributed by atoms with Crippen molar-refractivity contribution < 1.29 is 18.0 Å². The summed E-state index contributed by atoms with van der Waals surface area (Å²) in [5, 5.41) is 5.78. The van der Waals surface area contributed by atoms with E-state index in [0.717, 1.165) is 44.0 Å². The maximum absolute atomic E-state index is 12.5. The third-order valence-corrected chi connectivity index (χ3v) is 3.80. The summed E-state index contributed by atoms with van der Waals surface area (Å²) in [5.74, 6) is -0.304. The van der Waals surface area contributed by atoms with E-state index in [1.165, 1.54) is 0 Å². The molecule has 0 bridgehead atoms. The molecule has 2 N–H and O–H groups in total. The molecule has 6 nitrogen and oxygen atoms in total. The van der Waals surface area contributed by atoms with E-state index in [0.29, 0.717) is 12.0 Å². The van der Waals surface area contributed by atoms with E-state index >= 15 is 0 Å². The molecule has 2 aromatic rings. The molecule has 1 saturated heterocycles. The molecule has 0 radical (unpaired) electrons. The zero-order valence-corrected chi connectivity index (χ0v) is 15.6. The van der Waals surface area contributed by atoms with Gasteiger partial charge in [0.15, 0.2) is 0 Å². The zero-order valence-electron chi connectivity index (χ0n) is 14.0. The molecule has 1 aliphatic rings. The van der Waals surface area contributed by atoms with E-state index < -0.39 is 17.6 Å². The molecule has 3 heterocycles. The van der Waals surface area contributed by atoms with Crippen LogP contribution in [0.15, 0.2) is 36.7 Å². The summed E-state index contributed by atoms with van der Waals surface area (Å²) >= 11 is 0. The molecule has 3 rings (SSSR count). The molecule has 27 heavy (non-hydrogen) atoms. The lowest BCUT2D eigenvalue weighted by molar-refractivity contribution is -0.137. The van der Waals surface area contributed by atoms with E-state index in [9.17, 15) is 18.0 Å². The van der Waals surface area contributed by atoms with Gasteiger partial charge >= 0.3 is 6.18 Å². The summed E-state index contributed by atoms with van der Waals surface area (Å²) in [7, 11) is 0. The molecular weight excluding hydrogens is 406 g/mol. The van der Waals surface area contributed by atoms with Crippen molar-refractivity contribution in [2.24, 2.45) is 0 Å². The normalized spacial score (nSPS) is 14.0. The average Bonchev–Trinajstić information content (AvgIpc) is 2.62. The number of aromatic nitrogens is 2. The van der Waals surface area contributed by atoms with Crippen molar-refractivity contribution in [2.45, 2.75) is 6.18 Å². The molecule has 1 aliphatic heterocycles. The van der Waals surface area contributed by atoms with Crippen molar-refractivity contribution in [3.8, 4) is 0 Å². The second-order valence-electron chi connectivity index (χ2n) is 5.52. The number of nitrogens with zero attached hydrogens (tertiary/aromatic N) is 3. The maximum atomic E-state index is 12.5. The minimum absolute atomic E-state index is 0. The van der Waals surface area contributed by atoms with E-state index in [2.05, 4.69) is 25.5 Å².